The van der Waals surface area contributed by atoms with Gasteiger partial charge in [-0.3, -0.25) is 34.1 Å². The Hall–Kier alpha value is -5.21. The van der Waals surface area contributed by atoms with Crippen molar-refractivity contribution in [1.29, 1.82) is 0 Å². The first kappa shape index (κ1) is 39.0. The lowest BCUT2D eigenvalue weighted by Crippen LogP contribution is -2.53. The number of hydrogen-bond acceptors (Lipinski definition) is 12. The average Bonchev–Trinajstić information content (AvgIpc) is 4.08. The molecule has 6 aliphatic rings. The van der Waals surface area contributed by atoms with Crippen LogP contribution in [0.5, 0.6) is 0 Å². The average molecular weight is 848 g/mol. The van der Waals surface area contributed by atoms with Crippen LogP contribution >= 0.6 is 12.6 Å². The van der Waals surface area contributed by atoms with Gasteiger partial charge >= 0.3 is 0 Å². The van der Waals surface area contributed by atoms with E-state index in [1.54, 1.807) is 29.2 Å². The molecule has 0 radical (unpaired) electrons. The van der Waals surface area contributed by atoms with E-state index in [-0.39, 0.29) is 53.4 Å². The number of halogens is 3. The molecule has 60 heavy (non-hydrogen) atoms. The Labute approximate surface area is 347 Å². The molecule has 4 aromatic rings. The molecule has 16 nitrogen and oxygen atoms in total. The summed E-state index contributed by atoms with van der Waals surface area (Å²) in [6.45, 7) is 4.71. The minimum Gasteiger partial charge on any atom is -0.374 e. The molecular weight excluding hydrogens is 804 g/mol. The van der Waals surface area contributed by atoms with Crippen molar-refractivity contribution in [2.45, 2.75) is 81.0 Å². The molecule has 10 rings (SSSR count). The molecule has 3 aromatic heterocycles. The smallest absolute Gasteiger partial charge is 0.284 e. The molecule has 4 amide bonds. The second-order valence-corrected chi connectivity index (χ2v) is 17.1. The van der Waals surface area contributed by atoms with Gasteiger partial charge in [-0.2, -0.15) is 5.10 Å². The number of ether oxygens (including phenoxy) is 1. The minimum absolute atomic E-state index is 0.0350. The fraction of sp³-hybridized carbons (Fsp3) is 0.525. The number of carbonyl (C=O) groups excluding carboxylic acids is 4. The van der Waals surface area contributed by atoms with Crippen LogP contribution in [-0.4, -0.2) is 122 Å². The number of rotatable bonds is 9. The van der Waals surface area contributed by atoms with Crippen molar-refractivity contribution in [1.82, 2.24) is 39.5 Å². The van der Waals surface area contributed by atoms with Crippen LogP contribution in [0, 0.1) is 11.7 Å². The third-order valence-corrected chi connectivity index (χ3v) is 13.6. The zero-order chi connectivity index (χ0) is 41.4. The number of amides is 4. The third-order valence-electron chi connectivity index (χ3n) is 13.1. The lowest BCUT2D eigenvalue weighted by Gasteiger charge is -2.39. The van der Waals surface area contributed by atoms with E-state index >= 15 is 4.39 Å². The van der Waals surface area contributed by atoms with E-state index in [0.717, 1.165) is 51.7 Å². The van der Waals surface area contributed by atoms with Crippen molar-refractivity contribution >= 4 is 59.1 Å². The number of hydrogen-bond donors (Lipinski definition) is 3. The van der Waals surface area contributed by atoms with E-state index in [4.69, 9.17) is 4.74 Å². The molecule has 0 unspecified atom stereocenters. The van der Waals surface area contributed by atoms with Crippen LogP contribution in [0.25, 0.3) is 5.65 Å². The number of alkyl halides is 2. The second-order valence-electron chi connectivity index (χ2n) is 16.7. The summed E-state index contributed by atoms with van der Waals surface area (Å²) in [5, 5.41) is 13.0. The first-order valence-corrected chi connectivity index (χ1v) is 21.1. The maximum atomic E-state index is 15.6. The van der Waals surface area contributed by atoms with Gasteiger partial charge in [0.05, 0.1) is 36.0 Å². The lowest BCUT2D eigenvalue weighted by molar-refractivity contribution is -0.137. The molecule has 2 N–H and O–H groups in total. The minimum atomic E-state index is -2.90. The second kappa shape index (κ2) is 15.4. The van der Waals surface area contributed by atoms with Crippen molar-refractivity contribution in [3.63, 3.8) is 0 Å². The van der Waals surface area contributed by atoms with Crippen molar-refractivity contribution in [2.24, 2.45) is 5.92 Å². The van der Waals surface area contributed by atoms with Gasteiger partial charge in [-0.1, -0.05) is 0 Å². The van der Waals surface area contributed by atoms with E-state index in [2.05, 4.69) is 48.2 Å². The summed E-state index contributed by atoms with van der Waals surface area (Å²) in [7, 11) is 0. The number of nitrogens with one attached hydrogen (secondary N) is 2. The molecule has 5 aliphatic heterocycles. The Bertz CT molecular complexity index is 2380. The summed E-state index contributed by atoms with van der Waals surface area (Å²) >= 11 is 4.52. The van der Waals surface area contributed by atoms with E-state index in [0.29, 0.717) is 49.3 Å². The molecule has 316 valence electrons. The quantitative estimate of drug-likeness (QED) is 0.165. The van der Waals surface area contributed by atoms with Crippen molar-refractivity contribution in [2.75, 3.05) is 61.0 Å². The summed E-state index contributed by atoms with van der Waals surface area (Å²) in [4.78, 5) is 63.8. The van der Waals surface area contributed by atoms with Gasteiger partial charge in [0.25, 0.3) is 18.2 Å². The van der Waals surface area contributed by atoms with Gasteiger partial charge in [0.15, 0.2) is 17.2 Å². The highest BCUT2D eigenvalue weighted by Crippen LogP contribution is 2.43. The number of piperidine rings is 1. The van der Waals surface area contributed by atoms with Gasteiger partial charge < -0.3 is 24.8 Å². The van der Waals surface area contributed by atoms with Crippen molar-refractivity contribution in [3.05, 3.63) is 65.0 Å². The molecule has 1 saturated carbocycles. The van der Waals surface area contributed by atoms with Crippen molar-refractivity contribution in [3.8, 4) is 0 Å². The van der Waals surface area contributed by atoms with E-state index < -0.39 is 53.0 Å². The number of benzene rings is 1. The van der Waals surface area contributed by atoms with Gasteiger partial charge in [-0.25, -0.2) is 22.7 Å². The summed E-state index contributed by atoms with van der Waals surface area (Å²) in [5.74, 6) is -1.75. The monoisotopic (exact) mass is 847 g/mol. The zero-order valence-corrected chi connectivity index (χ0v) is 33.4. The molecule has 4 saturated heterocycles. The number of fused-ring (bicyclic) bond motifs is 4. The predicted molar refractivity (Wildman–Crippen MR) is 214 cm³/mol. The number of thiol groups is 1. The molecule has 1 aromatic carbocycles. The van der Waals surface area contributed by atoms with Gasteiger partial charge in [-0.15, -0.1) is 17.7 Å². The number of carbonyl (C=O) groups is 4. The molecule has 5 fully saturated rings. The van der Waals surface area contributed by atoms with E-state index in [1.165, 1.54) is 21.7 Å². The predicted octanol–water partition coefficient (Wildman–Crippen LogP) is 3.98. The van der Waals surface area contributed by atoms with Crippen LogP contribution in [0.4, 0.5) is 30.4 Å². The summed E-state index contributed by atoms with van der Waals surface area (Å²) in [6.07, 6.45) is 6.27. The van der Waals surface area contributed by atoms with E-state index in [9.17, 15) is 28.0 Å². The first-order valence-electron chi connectivity index (χ1n) is 20.6. The third kappa shape index (κ3) is 6.85. The largest absolute Gasteiger partial charge is 0.374 e. The van der Waals surface area contributed by atoms with Crippen LogP contribution < -0.4 is 20.4 Å². The molecule has 2 bridgehead atoms. The zero-order valence-electron chi connectivity index (χ0n) is 32.6. The summed E-state index contributed by atoms with van der Waals surface area (Å²) in [6, 6.07) is 3.89. The van der Waals surface area contributed by atoms with Gasteiger partial charge in [0, 0.05) is 75.5 Å². The standard InChI is InChI=1S/C40H44F3N11O5S/c41-27-16-23(15-26-31(27)40(60)54(39(26)58)29-6-7-30(55)46-37(29)56)50-12-10-49(11-13-50)17-21-2-4-22(5-3-21)53-19-28(33(47-53)34(42)43)45-38(57)32-35-44-8-1-9-52(35)48-36(32)51-18-25-14-24(51)20-59-25/h1,8-9,15-16,19,21-22,24-25,29,34,40,60H,2-7,10-14,17-18,20H2,(H,45,57)(H,46,55,56)/t21?,22?,24-,25-,29-,40-/m1/s1. The number of piperazine rings is 1. The van der Waals surface area contributed by atoms with E-state index in [1.807, 2.05) is 4.90 Å². The number of anilines is 3. The number of morpholine rings is 1. The van der Waals surface area contributed by atoms with Crippen LogP contribution in [0.2, 0.25) is 0 Å². The highest BCUT2D eigenvalue weighted by atomic mass is 32.1. The topological polar surface area (TPSA) is 163 Å². The fourth-order valence-corrected chi connectivity index (χ4v) is 10.5. The van der Waals surface area contributed by atoms with Gasteiger partial charge in [0.1, 0.15) is 22.8 Å². The SMILES string of the molecule is O=C1CC[C@@H](N2C(=O)c3cc(N4CCN(CC5CCC(n6cc(NC(=O)c7c(N8C[C@H]9C[C@@H]8CO9)nn8cccnc78)c(C(F)F)n6)CC5)CC4)cc(F)c3[C@H]2S)C(=O)N1. The maximum absolute atomic E-state index is 15.6. The molecule has 0 spiro atoms. The Kier molecular flexibility index (Phi) is 9.97. The van der Waals surface area contributed by atoms with Crippen molar-refractivity contribution < 1.29 is 37.1 Å². The number of imide groups is 1. The van der Waals surface area contributed by atoms with Gasteiger partial charge in [-0.05, 0) is 62.6 Å². The highest BCUT2D eigenvalue weighted by molar-refractivity contribution is 7.80. The first-order chi connectivity index (χ1) is 29.0. The van der Waals surface area contributed by atoms with Crippen LogP contribution in [0.3, 0.4) is 0 Å². The summed E-state index contributed by atoms with van der Waals surface area (Å²) in [5.41, 5.74) is 0.951. The Balaban J connectivity index is 0.754. The highest BCUT2D eigenvalue weighted by Gasteiger charge is 2.46. The number of aromatic nitrogens is 5. The van der Waals surface area contributed by atoms with Gasteiger partial charge in [0.2, 0.25) is 11.8 Å². The maximum Gasteiger partial charge on any atom is 0.284 e. The molecule has 8 heterocycles. The van der Waals surface area contributed by atoms with Crippen LogP contribution in [0.15, 0.2) is 36.8 Å². The molecule has 4 atom stereocenters. The molecular formula is C40H44F3N11O5S. The Morgan fingerprint density at radius 2 is 1.83 bits per heavy atom. The molecule has 20 heteroatoms. The number of nitrogens with zero attached hydrogens (tertiary/aromatic N) is 9. The molecule has 1 aliphatic carbocycles. The van der Waals surface area contributed by atoms with Crippen LogP contribution in [-0.2, 0) is 14.3 Å². The Morgan fingerprint density at radius 1 is 1.03 bits per heavy atom. The summed E-state index contributed by atoms with van der Waals surface area (Å²) < 4.78 is 53.3. The fourth-order valence-electron chi connectivity index (χ4n) is 9.99. The normalized spacial score (nSPS) is 27.1. The lowest BCUT2D eigenvalue weighted by atomic mass is 9.85. The van der Waals surface area contributed by atoms with Crippen LogP contribution in [0.1, 0.15) is 94.8 Å². The Morgan fingerprint density at radius 3 is 2.55 bits per heavy atom.